The molecule has 6 nitrogen and oxygen atoms in total. The van der Waals surface area contributed by atoms with Gasteiger partial charge in [-0.3, -0.25) is 9.59 Å². The molecule has 2 saturated heterocycles. The molecule has 0 atom stereocenters. The number of nitrogens with one attached hydrogen (secondary N) is 3. The molecule has 2 fully saturated rings. The highest BCUT2D eigenvalue weighted by Gasteiger charge is 2.23. The lowest BCUT2D eigenvalue weighted by molar-refractivity contribution is 0.0888. The Kier molecular flexibility index (Phi) is 9.26. The van der Waals surface area contributed by atoms with E-state index in [1.807, 2.05) is 24.3 Å². The summed E-state index contributed by atoms with van der Waals surface area (Å²) in [5.41, 5.74) is 2.55. The second-order valence-corrected chi connectivity index (χ2v) is 8.44. The molecule has 2 aliphatic rings. The Bertz CT molecular complexity index is 870. The van der Waals surface area contributed by atoms with Gasteiger partial charge in [-0.2, -0.15) is 0 Å². The van der Waals surface area contributed by atoms with Crippen LogP contribution in [-0.2, 0) is 0 Å². The van der Waals surface area contributed by atoms with Gasteiger partial charge in [0.25, 0.3) is 0 Å². The molecule has 0 spiro atoms. The zero-order valence-corrected chi connectivity index (χ0v) is 18.9. The van der Waals surface area contributed by atoms with Gasteiger partial charge in [0.15, 0.2) is 11.6 Å². The fourth-order valence-electron chi connectivity index (χ4n) is 4.26. The van der Waals surface area contributed by atoms with Crippen LogP contribution in [0.25, 0.3) is 0 Å². The number of carbonyl (C=O) groups excluding carboxylic acids is 2. The van der Waals surface area contributed by atoms with Crippen molar-refractivity contribution in [2.24, 2.45) is 11.8 Å². The standard InChI is InChI=1S/C14H20N2O.C12H15NO2/c1-2-16-13-5-3-11(4-6-13)14(17)12-7-9-15-10-8-12;14-11-3-1-2-10(8-11)12(15)9-4-6-13-7-5-9/h3-6,12,15-16H,2,7-10H2,1H3;1-3,8-9,13-14H,4-7H2. The van der Waals surface area contributed by atoms with E-state index >= 15 is 0 Å². The lowest BCUT2D eigenvalue weighted by Crippen LogP contribution is -2.31. The smallest absolute Gasteiger partial charge is 0.166 e. The average Bonchev–Trinajstić information content (AvgIpc) is 2.85. The number of phenolic OH excluding ortho intramolecular Hbond substituents is 1. The third-order valence-corrected chi connectivity index (χ3v) is 6.10. The number of hydrogen-bond donors (Lipinski definition) is 4. The second kappa shape index (κ2) is 12.4. The van der Waals surface area contributed by atoms with Gasteiger partial charge in [0.05, 0.1) is 0 Å². The first kappa shape index (κ1) is 24.0. The normalized spacial score (nSPS) is 17.2. The van der Waals surface area contributed by atoms with Gasteiger partial charge in [-0.15, -0.1) is 0 Å². The molecule has 0 unspecified atom stereocenters. The molecule has 0 bridgehead atoms. The van der Waals surface area contributed by atoms with E-state index in [0.29, 0.717) is 11.3 Å². The number of piperidine rings is 2. The van der Waals surface area contributed by atoms with E-state index in [9.17, 15) is 14.7 Å². The number of hydrogen-bond acceptors (Lipinski definition) is 6. The van der Waals surface area contributed by atoms with Gasteiger partial charge >= 0.3 is 0 Å². The zero-order chi connectivity index (χ0) is 22.8. The molecule has 0 saturated carbocycles. The fraction of sp³-hybridized carbons (Fsp3) is 0.462. The summed E-state index contributed by atoms with van der Waals surface area (Å²) in [4.78, 5) is 24.2. The molecule has 32 heavy (non-hydrogen) atoms. The maximum Gasteiger partial charge on any atom is 0.166 e. The van der Waals surface area contributed by atoms with Crippen molar-refractivity contribution < 1.29 is 14.7 Å². The van der Waals surface area contributed by atoms with Crippen LogP contribution in [0.15, 0.2) is 48.5 Å². The first-order valence-electron chi connectivity index (χ1n) is 11.7. The number of ketones is 2. The van der Waals surface area contributed by atoms with Gasteiger partial charge in [-0.25, -0.2) is 0 Å². The Morgan fingerprint density at radius 2 is 1.38 bits per heavy atom. The number of aromatic hydroxyl groups is 1. The summed E-state index contributed by atoms with van der Waals surface area (Å²) in [5, 5.41) is 19.0. The Morgan fingerprint density at radius 1 is 0.844 bits per heavy atom. The molecular formula is C26H35N3O3. The number of Topliss-reactive ketones (excluding diaryl/α,β-unsaturated/α-hetero) is 2. The summed E-state index contributed by atoms with van der Waals surface area (Å²) in [6, 6.07) is 14.4. The zero-order valence-electron chi connectivity index (χ0n) is 18.9. The molecule has 2 aromatic carbocycles. The summed E-state index contributed by atoms with van der Waals surface area (Å²) in [7, 11) is 0. The molecule has 0 aromatic heterocycles. The Morgan fingerprint density at radius 3 is 1.88 bits per heavy atom. The quantitative estimate of drug-likeness (QED) is 0.513. The van der Waals surface area contributed by atoms with Crippen LogP contribution in [0, 0.1) is 11.8 Å². The maximum absolute atomic E-state index is 12.2. The molecule has 6 heteroatoms. The highest BCUT2D eigenvalue weighted by atomic mass is 16.3. The van der Waals surface area contributed by atoms with E-state index < -0.39 is 0 Å². The SMILES string of the molecule is CCNc1ccc(C(=O)C2CCNCC2)cc1.O=C(c1cccc(O)c1)C1CCNCC1. The number of rotatable bonds is 6. The Labute approximate surface area is 190 Å². The predicted octanol–water partition coefficient (Wildman–Crippen LogP) is 3.88. The van der Waals surface area contributed by atoms with E-state index in [1.165, 1.54) is 0 Å². The van der Waals surface area contributed by atoms with E-state index in [0.717, 1.165) is 69.7 Å². The van der Waals surface area contributed by atoms with Gasteiger partial charge in [-0.05, 0) is 95.2 Å². The lowest BCUT2D eigenvalue weighted by Gasteiger charge is -2.21. The second-order valence-electron chi connectivity index (χ2n) is 8.44. The molecule has 0 aliphatic carbocycles. The molecule has 0 amide bonds. The van der Waals surface area contributed by atoms with Gasteiger partial charge in [0.2, 0.25) is 0 Å². The number of anilines is 1. The largest absolute Gasteiger partial charge is 0.508 e. The maximum atomic E-state index is 12.2. The first-order valence-corrected chi connectivity index (χ1v) is 11.7. The van der Waals surface area contributed by atoms with Crippen molar-refractivity contribution in [3.05, 3.63) is 59.7 Å². The van der Waals surface area contributed by atoms with Crippen molar-refractivity contribution in [3.63, 3.8) is 0 Å². The Hall–Kier alpha value is -2.70. The van der Waals surface area contributed by atoms with Crippen LogP contribution in [0.1, 0.15) is 53.3 Å². The van der Waals surface area contributed by atoms with Crippen molar-refractivity contribution in [3.8, 4) is 5.75 Å². The monoisotopic (exact) mass is 437 g/mol. The van der Waals surface area contributed by atoms with Crippen molar-refractivity contribution in [2.75, 3.05) is 38.0 Å². The molecule has 172 valence electrons. The number of carbonyl (C=O) groups is 2. The number of phenols is 1. The Balaban J connectivity index is 0.000000182. The topological polar surface area (TPSA) is 90.5 Å². The van der Waals surface area contributed by atoms with Crippen LogP contribution in [0.4, 0.5) is 5.69 Å². The molecule has 4 rings (SSSR count). The summed E-state index contributed by atoms with van der Waals surface area (Å²) >= 11 is 0. The van der Waals surface area contributed by atoms with Crippen LogP contribution in [0.3, 0.4) is 0 Å². The molecular weight excluding hydrogens is 402 g/mol. The fourth-order valence-corrected chi connectivity index (χ4v) is 4.26. The van der Waals surface area contributed by atoms with Crippen LogP contribution in [0.2, 0.25) is 0 Å². The third-order valence-electron chi connectivity index (χ3n) is 6.10. The predicted molar refractivity (Wildman–Crippen MR) is 129 cm³/mol. The molecule has 0 radical (unpaired) electrons. The van der Waals surface area contributed by atoms with Gasteiger partial charge in [0, 0.05) is 35.2 Å². The van der Waals surface area contributed by atoms with E-state index in [1.54, 1.807) is 24.3 Å². The van der Waals surface area contributed by atoms with Gasteiger partial charge in [0.1, 0.15) is 5.75 Å². The molecule has 2 aliphatic heterocycles. The van der Waals surface area contributed by atoms with Gasteiger partial charge in [-0.1, -0.05) is 12.1 Å². The molecule has 2 aromatic rings. The summed E-state index contributed by atoms with van der Waals surface area (Å²) in [6.45, 7) is 6.72. The van der Waals surface area contributed by atoms with Crippen LogP contribution >= 0.6 is 0 Å². The van der Waals surface area contributed by atoms with Crippen molar-refractivity contribution in [1.82, 2.24) is 10.6 Å². The van der Waals surface area contributed by atoms with Crippen LogP contribution in [-0.4, -0.2) is 49.4 Å². The van der Waals surface area contributed by atoms with Crippen molar-refractivity contribution in [2.45, 2.75) is 32.6 Å². The van der Waals surface area contributed by atoms with Crippen molar-refractivity contribution >= 4 is 17.3 Å². The molecule has 2 heterocycles. The van der Waals surface area contributed by atoms with Gasteiger partial charge < -0.3 is 21.1 Å². The van der Waals surface area contributed by atoms with Crippen molar-refractivity contribution in [1.29, 1.82) is 0 Å². The molecule has 4 N–H and O–H groups in total. The van der Waals surface area contributed by atoms with E-state index in [-0.39, 0.29) is 23.4 Å². The minimum absolute atomic E-state index is 0.119. The number of benzene rings is 2. The van der Waals surface area contributed by atoms with Crippen LogP contribution < -0.4 is 16.0 Å². The summed E-state index contributed by atoms with van der Waals surface area (Å²) in [5.74, 6) is 0.950. The van der Waals surface area contributed by atoms with E-state index in [2.05, 4.69) is 22.9 Å². The highest BCUT2D eigenvalue weighted by Crippen LogP contribution is 2.21. The highest BCUT2D eigenvalue weighted by molar-refractivity contribution is 5.98. The summed E-state index contributed by atoms with van der Waals surface area (Å²) < 4.78 is 0. The first-order chi connectivity index (χ1) is 15.6. The minimum atomic E-state index is 0.119. The summed E-state index contributed by atoms with van der Waals surface area (Å²) in [6.07, 6.45) is 3.73. The average molecular weight is 438 g/mol. The minimum Gasteiger partial charge on any atom is -0.508 e. The lowest BCUT2D eigenvalue weighted by atomic mass is 9.89. The van der Waals surface area contributed by atoms with Crippen LogP contribution in [0.5, 0.6) is 5.75 Å². The third kappa shape index (κ3) is 6.90. The van der Waals surface area contributed by atoms with E-state index in [4.69, 9.17) is 0 Å².